The standard InChI is InChI=1S/C21H23N7O2/c1-13-14(2)18(21(30)27(3)19-17(13)22-9-10-23-19)25-20(29)16-11-24-28(26-16)12-15-7-5-4-6-8-15/h4-11,13-14,18H,12H2,1-3H3,(H,25,29)/t13-,14+,18+/m1/s1. The first-order valence-corrected chi connectivity index (χ1v) is 9.79. The zero-order chi connectivity index (χ0) is 21.3. The lowest BCUT2D eigenvalue weighted by Crippen LogP contribution is -2.50. The highest BCUT2D eigenvalue weighted by Crippen LogP contribution is 2.34. The molecule has 0 unspecified atom stereocenters. The molecule has 9 heteroatoms. The molecule has 2 amide bonds. The second-order valence-corrected chi connectivity index (χ2v) is 7.51. The summed E-state index contributed by atoms with van der Waals surface area (Å²) in [5.41, 5.74) is 1.94. The van der Waals surface area contributed by atoms with Gasteiger partial charge in [-0.25, -0.2) is 4.98 Å². The first-order valence-electron chi connectivity index (χ1n) is 9.79. The Kier molecular flexibility index (Phi) is 5.26. The lowest BCUT2D eigenvalue weighted by Gasteiger charge is -2.26. The van der Waals surface area contributed by atoms with Crippen molar-refractivity contribution in [2.75, 3.05) is 11.9 Å². The van der Waals surface area contributed by atoms with E-state index in [2.05, 4.69) is 25.5 Å². The molecule has 30 heavy (non-hydrogen) atoms. The Balaban J connectivity index is 1.52. The first kappa shape index (κ1) is 19.7. The Morgan fingerprint density at radius 1 is 1.13 bits per heavy atom. The fourth-order valence-corrected chi connectivity index (χ4v) is 3.63. The summed E-state index contributed by atoms with van der Waals surface area (Å²) >= 11 is 0. The smallest absolute Gasteiger partial charge is 0.274 e. The van der Waals surface area contributed by atoms with E-state index in [1.807, 2.05) is 44.2 Å². The molecule has 9 nitrogen and oxygen atoms in total. The van der Waals surface area contributed by atoms with Crippen LogP contribution in [0.1, 0.15) is 41.5 Å². The van der Waals surface area contributed by atoms with Gasteiger partial charge in [0.25, 0.3) is 11.8 Å². The van der Waals surface area contributed by atoms with Crippen LogP contribution in [0.5, 0.6) is 0 Å². The van der Waals surface area contributed by atoms with Gasteiger partial charge in [-0.05, 0) is 11.5 Å². The molecule has 3 atom stereocenters. The van der Waals surface area contributed by atoms with Gasteiger partial charge in [0.05, 0.1) is 18.4 Å². The molecule has 1 N–H and O–H groups in total. The number of amides is 2. The minimum absolute atomic E-state index is 0.0679. The van der Waals surface area contributed by atoms with E-state index in [1.54, 1.807) is 19.4 Å². The number of benzene rings is 1. The van der Waals surface area contributed by atoms with E-state index in [9.17, 15) is 9.59 Å². The van der Waals surface area contributed by atoms with Gasteiger partial charge in [0.15, 0.2) is 11.5 Å². The number of hydrogen-bond donors (Lipinski definition) is 1. The zero-order valence-corrected chi connectivity index (χ0v) is 17.1. The van der Waals surface area contributed by atoms with Crippen LogP contribution < -0.4 is 10.2 Å². The monoisotopic (exact) mass is 405 g/mol. The largest absolute Gasteiger partial charge is 0.338 e. The third-order valence-electron chi connectivity index (χ3n) is 5.59. The van der Waals surface area contributed by atoms with Gasteiger partial charge in [0.2, 0.25) is 0 Å². The highest BCUT2D eigenvalue weighted by atomic mass is 16.2. The molecule has 3 aromatic rings. The SMILES string of the molecule is C[C@@H]1[C@H](NC(=O)c2cnn(Cc3ccccc3)n2)C(=O)N(C)c2nccnc2[C@@H]1C. The maximum absolute atomic E-state index is 13.1. The predicted octanol–water partition coefficient (Wildman–Crippen LogP) is 1.63. The second kappa shape index (κ2) is 8.02. The lowest BCUT2D eigenvalue weighted by molar-refractivity contribution is -0.121. The number of nitrogens with zero attached hydrogens (tertiary/aromatic N) is 6. The second-order valence-electron chi connectivity index (χ2n) is 7.51. The van der Waals surface area contributed by atoms with Crippen LogP contribution in [-0.4, -0.2) is 49.9 Å². The molecule has 2 aromatic heterocycles. The summed E-state index contributed by atoms with van der Waals surface area (Å²) in [5, 5.41) is 11.3. The molecule has 4 rings (SSSR count). The summed E-state index contributed by atoms with van der Waals surface area (Å²) < 4.78 is 0. The van der Waals surface area contributed by atoms with Crippen molar-refractivity contribution in [3.05, 3.63) is 65.9 Å². The molecule has 1 aliphatic heterocycles. The van der Waals surface area contributed by atoms with Crippen LogP contribution in [0, 0.1) is 5.92 Å². The third kappa shape index (κ3) is 3.66. The number of fused-ring (bicyclic) bond motifs is 1. The molecule has 0 fully saturated rings. The molecular formula is C21H23N7O2. The van der Waals surface area contributed by atoms with E-state index in [-0.39, 0.29) is 23.4 Å². The van der Waals surface area contributed by atoms with Gasteiger partial charge in [-0.1, -0.05) is 44.2 Å². The Morgan fingerprint density at radius 3 is 2.63 bits per heavy atom. The molecule has 0 radical (unpaired) electrons. The summed E-state index contributed by atoms with van der Waals surface area (Å²) in [7, 11) is 1.65. The van der Waals surface area contributed by atoms with E-state index in [0.717, 1.165) is 11.3 Å². The van der Waals surface area contributed by atoms with Gasteiger partial charge in [-0.15, -0.1) is 5.10 Å². The van der Waals surface area contributed by atoms with Crippen LogP contribution in [0.2, 0.25) is 0 Å². The van der Waals surface area contributed by atoms with Crippen LogP contribution in [0.25, 0.3) is 0 Å². The molecule has 0 spiro atoms. The Morgan fingerprint density at radius 2 is 1.87 bits per heavy atom. The maximum Gasteiger partial charge on any atom is 0.274 e. The Bertz CT molecular complexity index is 1070. The molecular weight excluding hydrogens is 382 g/mol. The van der Waals surface area contributed by atoms with Crippen LogP contribution in [0.15, 0.2) is 48.9 Å². The van der Waals surface area contributed by atoms with E-state index in [0.29, 0.717) is 12.4 Å². The molecule has 1 aromatic carbocycles. The van der Waals surface area contributed by atoms with Gasteiger partial charge in [-0.3, -0.25) is 19.5 Å². The van der Waals surface area contributed by atoms with Crippen molar-refractivity contribution in [2.24, 2.45) is 5.92 Å². The Hall–Kier alpha value is -3.62. The van der Waals surface area contributed by atoms with E-state index < -0.39 is 11.9 Å². The van der Waals surface area contributed by atoms with Crippen LogP contribution >= 0.6 is 0 Å². The summed E-state index contributed by atoms with van der Waals surface area (Å²) in [6.07, 6.45) is 4.59. The number of anilines is 1. The minimum Gasteiger partial charge on any atom is -0.338 e. The summed E-state index contributed by atoms with van der Waals surface area (Å²) in [6.45, 7) is 4.37. The van der Waals surface area contributed by atoms with Gasteiger partial charge in [-0.2, -0.15) is 9.90 Å². The topological polar surface area (TPSA) is 106 Å². The molecule has 0 saturated carbocycles. The number of rotatable bonds is 4. The molecule has 0 saturated heterocycles. The van der Waals surface area contributed by atoms with Crippen LogP contribution in [-0.2, 0) is 11.3 Å². The Labute approximate surface area is 174 Å². The van der Waals surface area contributed by atoms with Gasteiger partial charge >= 0.3 is 0 Å². The van der Waals surface area contributed by atoms with Crippen molar-refractivity contribution in [1.82, 2.24) is 30.3 Å². The summed E-state index contributed by atoms with van der Waals surface area (Å²) in [4.78, 5) is 37.6. The van der Waals surface area contributed by atoms with Crippen LogP contribution in [0.3, 0.4) is 0 Å². The van der Waals surface area contributed by atoms with Crippen molar-refractivity contribution in [3.63, 3.8) is 0 Å². The number of likely N-dealkylation sites (N-methyl/N-ethyl adjacent to an activating group) is 1. The average molecular weight is 405 g/mol. The quantitative estimate of drug-likeness (QED) is 0.707. The van der Waals surface area contributed by atoms with Crippen molar-refractivity contribution in [1.29, 1.82) is 0 Å². The normalized spacial score (nSPS) is 21.1. The number of hydrogen-bond acceptors (Lipinski definition) is 6. The lowest BCUT2D eigenvalue weighted by atomic mass is 9.87. The molecule has 0 aliphatic carbocycles. The number of carbonyl (C=O) groups is 2. The van der Waals surface area contributed by atoms with Crippen molar-refractivity contribution in [2.45, 2.75) is 32.4 Å². The molecule has 0 bridgehead atoms. The first-order chi connectivity index (χ1) is 14.5. The highest BCUT2D eigenvalue weighted by molar-refractivity contribution is 6.02. The molecule has 3 heterocycles. The minimum atomic E-state index is -0.729. The fourth-order valence-electron chi connectivity index (χ4n) is 3.63. The maximum atomic E-state index is 13.1. The van der Waals surface area contributed by atoms with E-state index >= 15 is 0 Å². The van der Waals surface area contributed by atoms with Gasteiger partial charge in [0.1, 0.15) is 6.04 Å². The summed E-state index contributed by atoms with van der Waals surface area (Å²) in [5.74, 6) is -0.402. The number of aromatic nitrogens is 5. The van der Waals surface area contributed by atoms with Crippen LogP contribution in [0.4, 0.5) is 5.82 Å². The predicted molar refractivity (Wildman–Crippen MR) is 110 cm³/mol. The number of carbonyl (C=O) groups excluding carboxylic acids is 2. The van der Waals surface area contributed by atoms with Crippen molar-refractivity contribution < 1.29 is 9.59 Å². The zero-order valence-electron chi connectivity index (χ0n) is 17.1. The van der Waals surface area contributed by atoms with Crippen molar-refractivity contribution >= 4 is 17.6 Å². The highest BCUT2D eigenvalue weighted by Gasteiger charge is 2.39. The molecule has 1 aliphatic rings. The van der Waals surface area contributed by atoms with E-state index in [1.165, 1.54) is 15.9 Å². The van der Waals surface area contributed by atoms with Gasteiger partial charge < -0.3 is 5.32 Å². The third-order valence-corrected chi connectivity index (χ3v) is 5.59. The number of nitrogens with one attached hydrogen (secondary N) is 1. The fraction of sp³-hybridized carbons (Fsp3) is 0.333. The van der Waals surface area contributed by atoms with Gasteiger partial charge in [0, 0.05) is 25.4 Å². The van der Waals surface area contributed by atoms with E-state index in [4.69, 9.17) is 0 Å². The summed E-state index contributed by atoms with van der Waals surface area (Å²) in [6, 6.07) is 9.01. The van der Waals surface area contributed by atoms with Crippen molar-refractivity contribution in [3.8, 4) is 0 Å². The molecule has 154 valence electrons. The average Bonchev–Trinajstić information content (AvgIpc) is 3.22.